The number of hydrogen-bond acceptors (Lipinski definition) is 3. The second-order valence-electron chi connectivity index (χ2n) is 6.78. The number of nitrogens with zero attached hydrogens (tertiary/aromatic N) is 2. The number of likely N-dealkylation sites (tertiary alicyclic amines) is 1. The minimum Gasteiger partial charge on any atom is -0.353 e. The fraction of sp³-hybridized carbons (Fsp3) is 0.579. The molecule has 2 saturated heterocycles. The van der Waals surface area contributed by atoms with Crippen LogP contribution in [0.1, 0.15) is 31.7 Å². The topological polar surface area (TPSA) is 52.7 Å². The molecule has 0 saturated carbocycles. The van der Waals surface area contributed by atoms with Crippen LogP contribution in [0, 0.1) is 5.92 Å². The summed E-state index contributed by atoms with van der Waals surface area (Å²) in [6, 6.07) is 10.2. The van der Waals surface area contributed by atoms with Gasteiger partial charge in [0.25, 0.3) is 0 Å². The summed E-state index contributed by atoms with van der Waals surface area (Å²) in [6.45, 7) is 6.04. The summed E-state index contributed by atoms with van der Waals surface area (Å²) in [5, 5.41) is 2.86. The van der Waals surface area contributed by atoms with Crippen LogP contribution in [-0.4, -0.2) is 53.8 Å². The molecule has 2 aliphatic heterocycles. The number of carbonyl (C=O) groups excluding carboxylic acids is 2. The Hall–Kier alpha value is -1.88. The van der Waals surface area contributed by atoms with Crippen molar-refractivity contribution in [2.75, 3.05) is 26.2 Å². The molecule has 0 aromatic heterocycles. The molecule has 2 aliphatic rings. The van der Waals surface area contributed by atoms with Gasteiger partial charge in [-0.2, -0.15) is 0 Å². The average Bonchev–Trinajstić information content (AvgIpc) is 2.62. The normalized spacial score (nSPS) is 23.1. The molecule has 3 rings (SSSR count). The number of piperazine rings is 1. The van der Waals surface area contributed by atoms with Crippen molar-refractivity contribution < 1.29 is 9.59 Å². The third kappa shape index (κ3) is 3.78. The Morgan fingerprint density at radius 3 is 2.54 bits per heavy atom. The lowest BCUT2D eigenvalue weighted by molar-refractivity contribution is -0.147. The van der Waals surface area contributed by atoms with E-state index in [1.165, 1.54) is 5.56 Å². The molecule has 0 aliphatic carbocycles. The van der Waals surface area contributed by atoms with Gasteiger partial charge in [-0.1, -0.05) is 37.3 Å². The standard InChI is InChI=1S/C19H27N3O2/c1-2-17-18(23)20-10-13-22(17)19(24)16-8-11-21(12-9-16)14-15-6-4-3-5-7-15/h3-7,16-17H,2,8-14H2,1H3,(H,20,23). The van der Waals surface area contributed by atoms with Crippen LogP contribution >= 0.6 is 0 Å². The number of piperidine rings is 1. The molecular weight excluding hydrogens is 302 g/mol. The van der Waals surface area contributed by atoms with Gasteiger partial charge in [-0.15, -0.1) is 0 Å². The van der Waals surface area contributed by atoms with E-state index in [2.05, 4.69) is 34.5 Å². The van der Waals surface area contributed by atoms with E-state index in [-0.39, 0.29) is 23.8 Å². The maximum absolute atomic E-state index is 12.9. The molecule has 1 atom stereocenters. The lowest BCUT2D eigenvalue weighted by Gasteiger charge is -2.39. The van der Waals surface area contributed by atoms with Crippen molar-refractivity contribution in [3.05, 3.63) is 35.9 Å². The fourth-order valence-electron chi connectivity index (χ4n) is 3.80. The zero-order valence-electron chi connectivity index (χ0n) is 14.4. The van der Waals surface area contributed by atoms with E-state index in [1.54, 1.807) is 0 Å². The van der Waals surface area contributed by atoms with Crippen molar-refractivity contribution in [3.63, 3.8) is 0 Å². The first-order chi connectivity index (χ1) is 11.7. The predicted octanol–water partition coefficient (Wildman–Crippen LogP) is 1.64. The molecule has 5 nitrogen and oxygen atoms in total. The molecule has 2 fully saturated rings. The summed E-state index contributed by atoms with van der Waals surface area (Å²) < 4.78 is 0. The third-order valence-electron chi connectivity index (χ3n) is 5.19. The Kier molecular flexibility index (Phi) is 5.51. The van der Waals surface area contributed by atoms with Crippen LogP contribution in [0.5, 0.6) is 0 Å². The minimum absolute atomic E-state index is 0.00128. The van der Waals surface area contributed by atoms with Gasteiger partial charge in [-0.05, 0) is 37.9 Å². The van der Waals surface area contributed by atoms with Crippen molar-refractivity contribution in [1.29, 1.82) is 0 Å². The SMILES string of the molecule is CCC1C(=O)NCCN1C(=O)C1CCN(Cc2ccccc2)CC1. The molecular formula is C19H27N3O2. The first-order valence-electron chi connectivity index (χ1n) is 9.03. The summed E-state index contributed by atoms with van der Waals surface area (Å²) in [6.07, 6.45) is 2.46. The van der Waals surface area contributed by atoms with Crippen molar-refractivity contribution in [3.8, 4) is 0 Å². The summed E-state index contributed by atoms with van der Waals surface area (Å²) in [5.74, 6) is 0.242. The van der Waals surface area contributed by atoms with E-state index in [9.17, 15) is 9.59 Å². The minimum atomic E-state index is -0.284. The molecule has 0 bridgehead atoms. The van der Waals surface area contributed by atoms with Gasteiger partial charge in [0.05, 0.1) is 0 Å². The van der Waals surface area contributed by atoms with Gasteiger partial charge in [0.15, 0.2) is 0 Å². The lowest BCUT2D eigenvalue weighted by atomic mass is 9.93. The first kappa shape index (κ1) is 17.0. The largest absolute Gasteiger partial charge is 0.353 e. The molecule has 2 amide bonds. The van der Waals surface area contributed by atoms with Crippen LogP contribution in [-0.2, 0) is 16.1 Å². The van der Waals surface area contributed by atoms with Gasteiger partial charge in [0.2, 0.25) is 11.8 Å². The fourth-order valence-corrected chi connectivity index (χ4v) is 3.80. The second-order valence-corrected chi connectivity index (χ2v) is 6.78. The first-order valence-corrected chi connectivity index (χ1v) is 9.03. The highest BCUT2D eigenvalue weighted by molar-refractivity contribution is 5.89. The highest BCUT2D eigenvalue weighted by Crippen LogP contribution is 2.23. The van der Waals surface area contributed by atoms with E-state index >= 15 is 0 Å². The van der Waals surface area contributed by atoms with Crippen LogP contribution in [0.3, 0.4) is 0 Å². The van der Waals surface area contributed by atoms with Crippen LogP contribution in [0.2, 0.25) is 0 Å². The summed E-state index contributed by atoms with van der Waals surface area (Å²) in [4.78, 5) is 29.1. The number of hydrogen-bond donors (Lipinski definition) is 1. The molecule has 1 aromatic rings. The number of carbonyl (C=O) groups is 2. The van der Waals surface area contributed by atoms with E-state index < -0.39 is 0 Å². The smallest absolute Gasteiger partial charge is 0.242 e. The summed E-state index contributed by atoms with van der Waals surface area (Å²) in [5.41, 5.74) is 1.32. The third-order valence-corrected chi connectivity index (χ3v) is 5.19. The molecule has 5 heteroatoms. The summed E-state index contributed by atoms with van der Waals surface area (Å²) >= 11 is 0. The Morgan fingerprint density at radius 2 is 1.88 bits per heavy atom. The van der Waals surface area contributed by atoms with Gasteiger partial charge in [0.1, 0.15) is 6.04 Å². The van der Waals surface area contributed by atoms with Gasteiger partial charge < -0.3 is 10.2 Å². The zero-order chi connectivity index (χ0) is 16.9. The monoisotopic (exact) mass is 329 g/mol. The van der Waals surface area contributed by atoms with Crippen molar-refractivity contribution in [1.82, 2.24) is 15.1 Å². The van der Waals surface area contributed by atoms with Crippen molar-refractivity contribution in [2.45, 2.75) is 38.8 Å². The van der Waals surface area contributed by atoms with Gasteiger partial charge in [0, 0.05) is 25.6 Å². The van der Waals surface area contributed by atoms with Crippen LogP contribution in [0.15, 0.2) is 30.3 Å². The molecule has 24 heavy (non-hydrogen) atoms. The lowest BCUT2D eigenvalue weighted by Crippen LogP contribution is -2.58. The molecule has 1 aromatic carbocycles. The molecule has 130 valence electrons. The number of rotatable bonds is 4. The quantitative estimate of drug-likeness (QED) is 0.913. The Morgan fingerprint density at radius 1 is 1.17 bits per heavy atom. The number of benzene rings is 1. The molecule has 0 spiro atoms. The molecule has 0 radical (unpaired) electrons. The Balaban J connectivity index is 1.54. The van der Waals surface area contributed by atoms with Crippen LogP contribution in [0.25, 0.3) is 0 Å². The summed E-state index contributed by atoms with van der Waals surface area (Å²) in [7, 11) is 0. The molecule has 1 N–H and O–H groups in total. The van der Waals surface area contributed by atoms with E-state index in [0.29, 0.717) is 19.5 Å². The number of amides is 2. The van der Waals surface area contributed by atoms with Crippen molar-refractivity contribution >= 4 is 11.8 Å². The van der Waals surface area contributed by atoms with Crippen LogP contribution < -0.4 is 5.32 Å². The second kappa shape index (κ2) is 7.79. The predicted molar refractivity (Wildman–Crippen MR) is 93.2 cm³/mol. The van der Waals surface area contributed by atoms with Crippen molar-refractivity contribution in [2.24, 2.45) is 5.92 Å². The maximum atomic E-state index is 12.9. The van der Waals surface area contributed by atoms with Gasteiger partial charge in [-0.3, -0.25) is 14.5 Å². The van der Waals surface area contributed by atoms with Gasteiger partial charge in [-0.25, -0.2) is 0 Å². The average molecular weight is 329 g/mol. The van der Waals surface area contributed by atoms with E-state index in [0.717, 1.165) is 32.5 Å². The Labute approximate surface area is 144 Å². The Bertz CT molecular complexity index is 567. The van der Waals surface area contributed by atoms with E-state index in [4.69, 9.17) is 0 Å². The number of nitrogens with one attached hydrogen (secondary N) is 1. The van der Waals surface area contributed by atoms with Crippen LogP contribution in [0.4, 0.5) is 0 Å². The maximum Gasteiger partial charge on any atom is 0.242 e. The molecule has 1 unspecified atom stereocenters. The highest BCUT2D eigenvalue weighted by Gasteiger charge is 2.36. The van der Waals surface area contributed by atoms with Gasteiger partial charge >= 0.3 is 0 Å². The zero-order valence-corrected chi connectivity index (χ0v) is 14.4. The highest BCUT2D eigenvalue weighted by atomic mass is 16.2. The van der Waals surface area contributed by atoms with E-state index in [1.807, 2.05) is 17.9 Å². The molecule has 2 heterocycles.